The normalized spacial score (nSPS) is 13.1. The van der Waals surface area contributed by atoms with E-state index < -0.39 is 0 Å². The van der Waals surface area contributed by atoms with Crippen molar-refractivity contribution in [2.24, 2.45) is 5.84 Å². The maximum atomic E-state index is 5.40. The van der Waals surface area contributed by atoms with Gasteiger partial charge in [0.25, 0.3) is 0 Å². The van der Waals surface area contributed by atoms with Crippen molar-refractivity contribution < 1.29 is 9.15 Å². The number of hydrogen-bond acceptors (Lipinski definition) is 4. The molecule has 0 saturated heterocycles. The summed E-state index contributed by atoms with van der Waals surface area (Å²) in [4.78, 5) is 0. The largest absolute Gasteiger partial charge is 0.468 e. The Morgan fingerprint density at radius 2 is 2.54 bits per heavy atom. The van der Waals surface area contributed by atoms with Gasteiger partial charge in [0.15, 0.2) is 0 Å². The van der Waals surface area contributed by atoms with Gasteiger partial charge in [-0.3, -0.25) is 5.84 Å². The van der Waals surface area contributed by atoms with Crippen LogP contribution < -0.4 is 11.3 Å². The van der Waals surface area contributed by atoms with Crippen molar-refractivity contribution in [3.8, 4) is 0 Å². The zero-order valence-corrected chi connectivity index (χ0v) is 7.82. The average Bonchev–Trinajstić information content (AvgIpc) is 2.65. The lowest BCUT2D eigenvalue weighted by Gasteiger charge is -2.12. The molecule has 1 aromatic rings. The number of rotatable bonds is 6. The van der Waals surface area contributed by atoms with E-state index in [-0.39, 0.29) is 6.04 Å². The Hall–Kier alpha value is -0.840. The topological polar surface area (TPSA) is 60.4 Å². The van der Waals surface area contributed by atoms with Crippen molar-refractivity contribution in [3.63, 3.8) is 0 Å². The second kappa shape index (κ2) is 5.75. The SMILES string of the molecule is COCCCC(NN)c1ccco1. The van der Waals surface area contributed by atoms with Gasteiger partial charge >= 0.3 is 0 Å². The molecule has 0 aromatic carbocycles. The fourth-order valence-corrected chi connectivity index (χ4v) is 1.23. The Labute approximate surface area is 78.0 Å². The molecule has 0 fully saturated rings. The van der Waals surface area contributed by atoms with E-state index in [4.69, 9.17) is 15.0 Å². The van der Waals surface area contributed by atoms with E-state index >= 15 is 0 Å². The molecular formula is C9H16N2O2. The fourth-order valence-electron chi connectivity index (χ4n) is 1.23. The minimum absolute atomic E-state index is 0.0881. The molecule has 0 spiro atoms. The molecule has 1 atom stereocenters. The van der Waals surface area contributed by atoms with Crippen LogP contribution in [-0.2, 0) is 4.74 Å². The quantitative estimate of drug-likeness (QED) is 0.396. The first-order valence-electron chi connectivity index (χ1n) is 4.37. The molecule has 3 N–H and O–H groups in total. The summed E-state index contributed by atoms with van der Waals surface area (Å²) in [5.74, 6) is 6.27. The molecule has 0 aliphatic heterocycles. The molecule has 74 valence electrons. The van der Waals surface area contributed by atoms with Crippen molar-refractivity contribution in [2.45, 2.75) is 18.9 Å². The first-order chi connectivity index (χ1) is 6.38. The highest BCUT2D eigenvalue weighted by Crippen LogP contribution is 2.17. The van der Waals surface area contributed by atoms with Gasteiger partial charge in [0.05, 0.1) is 12.3 Å². The predicted octanol–water partition coefficient (Wildman–Crippen LogP) is 1.21. The van der Waals surface area contributed by atoms with Gasteiger partial charge in [-0.15, -0.1) is 0 Å². The van der Waals surface area contributed by atoms with Crippen LogP contribution in [0.3, 0.4) is 0 Å². The smallest absolute Gasteiger partial charge is 0.122 e. The molecule has 13 heavy (non-hydrogen) atoms. The third-order valence-electron chi connectivity index (χ3n) is 1.93. The van der Waals surface area contributed by atoms with Crippen molar-refractivity contribution in [2.75, 3.05) is 13.7 Å². The van der Waals surface area contributed by atoms with Crippen LogP contribution in [0.15, 0.2) is 22.8 Å². The molecule has 1 rings (SSSR count). The van der Waals surface area contributed by atoms with Crippen LogP contribution in [0.25, 0.3) is 0 Å². The lowest BCUT2D eigenvalue weighted by molar-refractivity contribution is 0.187. The average molecular weight is 184 g/mol. The molecule has 0 amide bonds. The Kier molecular flexibility index (Phi) is 4.53. The summed E-state index contributed by atoms with van der Waals surface area (Å²) < 4.78 is 10.2. The standard InChI is InChI=1S/C9H16N2O2/c1-12-6-2-4-8(11-10)9-5-3-7-13-9/h3,5,7-8,11H,2,4,6,10H2,1H3. The summed E-state index contributed by atoms with van der Waals surface area (Å²) in [7, 11) is 1.69. The van der Waals surface area contributed by atoms with Crippen LogP contribution in [0.1, 0.15) is 24.6 Å². The van der Waals surface area contributed by atoms with Gasteiger partial charge in [-0.05, 0) is 25.0 Å². The monoisotopic (exact) mass is 184 g/mol. The third kappa shape index (κ3) is 3.18. The number of furan rings is 1. The molecule has 4 heteroatoms. The van der Waals surface area contributed by atoms with Gasteiger partial charge in [-0.25, -0.2) is 5.43 Å². The van der Waals surface area contributed by atoms with Gasteiger partial charge in [0, 0.05) is 13.7 Å². The number of methoxy groups -OCH3 is 1. The summed E-state index contributed by atoms with van der Waals surface area (Å²) in [6, 6.07) is 3.86. The van der Waals surface area contributed by atoms with Crippen LogP contribution in [0.2, 0.25) is 0 Å². The Balaban J connectivity index is 2.35. The third-order valence-corrected chi connectivity index (χ3v) is 1.93. The van der Waals surface area contributed by atoms with Crippen molar-refractivity contribution in [3.05, 3.63) is 24.2 Å². The Bertz CT molecular complexity index is 211. The molecule has 4 nitrogen and oxygen atoms in total. The van der Waals surface area contributed by atoms with E-state index in [1.165, 1.54) is 0 Å². The summed E-state index contributed by atoms with van der Waals surface area (Å²) in [5.41, 5.74) is 2.71. The summed E-state index contributed by atoms with van der Waals surface area (Å²) in [6.07, 6.45) is 3.53. The van der Waals surface area contributed by atoms with E-state index in [1.807, 2.05) is 12.1 Å². The second-order valence-electron chi connectivity index (χ2n) is 2.87. The van der Waals surface area contributed by atoms with Gasteiger partial charge in [-0.2, -0.15) is 0 Å². The lowest BCUT2D eigenvalue weighted by atomic mass is 10.1. The molecule has 0 saturated carbocycles. The van der Waals surface area contributed by atoms with Crippen molar-refractivity contribution in [1.82, 2.24) is 5.43 Å². The van der Waals surface area contributed by atoms with E-state index in [0.717, 1.165) is 25.2 Å². The van der Waals surface area contributed by atoms with Crippen LogP contribution in [0, 0.1) is 0 Å². The minimum Gasteiger partial charge on any atom is -0.468 e. The van der Waals surface area contributed by atoms with Crippen LogP contribution >= 0.6 is 0 Å². The summed E-state index contributed by atoms with van der Waals surface area (Å²) in [6.45, 7) is 0.749. The molecule has 0 radical (unpaired) electrons. The molecular weight excluding hydrogens is 168 g/mol. The predicted molar refractivity (Wildman–Crippen MR) is 49.9 cm³/mol. The lowest BCUT2D eigenvalue weighted by Crippen LogP contribution is -2.27. The van der Waals surface area contributed by atoms with Crippen LogP contribution in [-0.4, -0.2) is 13.7 Å². The maximum absolute atomic E-state index is 5.40. The first-order valence-corrected chi connectivity index (χ1v) is 4.37. The number of nitrogens with two attached hydrogens (primary N) is 1. The van der Waals surface area contributed by atoms with Gasteiger partial charge in [-0.1, -0.05) is 0 Å². The first kappa shape index (κ1) is 10.2. The van der Waals surface area contributed by atoms with Gasteiger partial charge in [0.2, 0.25) is 0 Å². The molecule has 1 unspecified atom stereocenters. The van der Waals surface area contributed by atoms with E-state index in [0.29, 0.717) is 0 Å². The number of hydrazine groups is 1. The highest BCUT2D eigenvalue weighted by Gasteiger charge is 2.11. The second-order valence-corrected chi connectivity index (χ2v) is 2.87. The highest BCUT2D eigenvalue weighted by atomic mass is 16.5. The van der Waals surface area contributed by atoms with Gasteiger partial charge in [0.1, 0.15) is 5.76 Å². The van der Waals surface area contributed by atoms with Crippen molar-refractivity contribution in [1.29, 1.82) is 0 Å². The molecule has 1 aromatic heterocycles. The molecule has 0 aliphatic rings. The van der Waals surface area contributed by atoms with Crippen LogP contribution in [0.5, 0.6) is 0 Å². The molecule has 0 bridgehead atoms. The fraction of sp³-hybridized carbons (Fsp3) is 0.556. The number of ether oxygens (including phenoxy) is 1. The van der Waals surface area contributed by atoms with Crippen molar-refractivity contribution >= 4 is 0 Å². The van der Waals surface area contributed by atoms with E-state index in [9.17, 15) is 0 Å². The molecule has 0 aliphatic carbocycles. The zero-order valence-electron chi connectivity index (χ0n) is 7.82. The number of hydrogen-bond donors (Lipinski definition) is 2. The minimum atomic E-state index is 0.0881. The summed E-state index contributed by atoms with van der Waals surface area (Å²) in [5, 5.41) is 0. The van der Waals surface area contributed by atoms with Gasteiger partial charge < -0.3 is 9.15 Å². The molecule has 1 heterocycles. The number of nitrogens with one attached hydrogen (secondary N) is 1. The summed E-state index contributed by atoms with van der Waals surface area (Å²) >= 11 is 0. The Morgan fingerprint density at radius 1 is 1.69 bits per heavy atom. The van der Waals surface area contributed by atoms with E-state index in [1.54, 1.807) is 13.4 Å². The van der Waals surface area contributed by atoms with E-state index in [2.05, 4.69) is 5.43 Å². The maximum Gasteiger partial charge on any atom is 0.122 e. The highest BCUT2D eigenvalue weighted by molar-refractivity contribution is 5.03. The van der Waals surface area contributed by atoms with Crippen LogP contribution in [0.4, 0.5) is 0 Å². The zero-order chi connectivity index (χ0) is 9.52. The Morgan fingerprint density at radius 3 is 3.08 bits per heavy atom.